The molecule has 2 aromatic carbocycles. The number of benzene rings is 2. The zero-order chi connectivity index (χ0) is 18.8. The van der Waals surface area contributed by atoms with Gasteiger partial charge in [0.2, 0.25) is 5.91 Å². The van der Waals surface area contributed by atoms with Crippen LogP contribution in [-0.2, 0) is 4.79 Å². The summed E-state index contributed by atoms with van der Waals surface area (Å²) in [5, 5.41) is 7.58. The van der Waals surface area contributed by atoms with Gasteiger partial charge in [0.25, 0.3) is 0 Å². The lowest BCUT2D eigenvalue weighted by atomic mass is 10.1. The average Bonchev–Trinajstić information content (AvgIpc) is 2.96. The molecule has 0 aliphatic heterocycles. The average molecular weight is 352 g/mol. The van der Waals surface area contributed by atoms with Gasteiger partial charge in [-0.3, -0.25) is 4.79 Å². The summed E-state index contributed by atoms with van der Waals surface area (Å²) < 4.78 is 15.0. The molecular weight excluding hydrogens is 331 g/mol. The Morgan fingerprint density at radius 1 is 1.15 bits per heavy atom. The summed E-state index contributed by atoms with van der Waals surface area (Å²) in [6.07, 6.45) is 1.66. The molecule has 26 heavy (non-hydrogen) atoms. The van der Waals surface area contributed by atoms with Gasteiger partial charge in [0.05, 0.1) is 23.3 Å². The van der Waals surface area contributed by atoms with Crippen molar-refractivity contribution < 1.29 is 9.18 Å². The van der Waals surface area contributed by atoms with Crippen LogP contribution in [0.5, 0.6) is 0 Å². The zero-order valence-corrected chi connectivity index (χ0v) is 15.0. The van der Waals surface area contributed by atoms with E-state index in [1.54, 1.807) is 18.3 Å². The van der Waals surface area contributed by atoms with E-state index in [1.807, 2.05) is 31.5 Å². The summed E-state index contributed by atoms with van der Waals surface area (Å²) in [4.78, 5) is 11.9. The van der Waals surface area contributed by atoms with Crippen LogP contribution < -0.4 is 11.1 Å². The van der Waals surface area contributed by atoms with E-state index in [-0.39, 0.29) is 5.82 Å². The molecule has 6 heteroatoms. The van der Waals surface area contributed by atoms with E-state index in [9.17, 15) is 9.18 Å². The van der Waals surface area contributed by atoms with Crippen molar-refractivity contribution in [3.05, 3.63) is 76.9 Å². The fraction of sp³-hybridized carbons (Fsp3) is 0.200. The van der Waals surface area contributed by atoms with Crippen LogP contribution in [0.1, 0.15) is 28.4 Å². The lowest BCUT2D eigenvalue weighted by Crippen LogP contribution is -2.27. The molecule has 1 amide bonds. The summed E-state index contributed by atoms with van der Waals surface area (Å²) in [5.41, 5.74) is 10.9. The van der Waals surface area contributed by atoms with Gasteiger partial charge in [0.1, 0.15) is 11.9 Å². The highest BCUT2D eigenvalue weighted by Crippen LogP contribution is 2.25. The first-order valence-corrected chi connectivity index (χ1v) is 8.30. The van der Waals surface area contributed by atoms with Crippen LogP contribution in [0.2, 0.25) is 0 Å². The minimum atomic E-state index is -0.773. The highest BCUT2D eigenvalue weighted by molar-refractivity contribution is 5.84. The van der Waals surface area contributed by atoms with Crippen LogP contribution >= 0.6 is 0 Å². The van der Waals surface area contributed by atoms with E-state index in [4.69, 9.17) is 5.73 Å². The number of primary amides is 1. The number of rotatable bonds is 5. The number of anilines is 1. The van der Waals surface area contributed by atoms with Gasteiger partial charge in [0.15, 0.2) is 0 Å². The number of amides is 1. The summed E-state index contributed by atoms with van der Waals surface area (Å²) >= 11 is 0. The first-order valence-electron chi connectivity index (χ1n) is 8.30. The second-order valence-electron chi connectivity index (χ2n) is 6.38. The number of carbonyl (C=O) groups excluding carboxylic acids is 1. The fourth-order valence-corrected chi connectivity index (χ4v) is 2.87. The SMILES string of the molecule is Cc1ccc(C)c(-n2ncc(NC(C(N)=O)c3ccc(F)cc3)c2C)c1. The molecule has 0 saturated carbocycles. The van der Waals surface area contributed by atoms with Gasteiger partial charge in [-0.1, -0.05) is 24.3 Å². The number of aryl methyl sites for hydroxylation is 2. The predicted octanol–water partition coefficient (Wildman–Crippen LogP) is 3.58. The molecule has 0 radical (unpaired) electrons. The second-order valence-corrected chi connectivity index (χ2v) is 6.38. The quantitative estimate of drug-likeness (QED) is 0.737. The Bertz CT molecular complexity index is 947. The topological polar surface area (TPSA) is 72.9 Å². The Morgan fingerprint density at radius 3 is 2.50 bits per heavy atom. The Balaban J connectivity index is 1.95. The normalized spacial score (nSPS) is 12.0. The molecule has 5 nitrogen and oxygen atoms in total. The molecule has 3 N–H and O–H groups in total. The van der Waals surface area contributed by atoms with Gasteiger partial charge >= 0.3 is 0 Å². The Labute approximate surface area is 151 Å². The Kier molecular flexibility index (Phi) is 4.75. The van der Waals surface area contributed by atoms with Crippen LogP contribution in [0.25, 0.3) is 5.69 Å². The fourth-order valence-electron chi connectivity index (χ4n) is 2.87. The number of aromatic nitrogens is 2. The highest BCUT2D eigenvalue weighted by Gasteiger charge is 2.20. The van der Waals surface area contributed by atoms with E-state index in [0.717, 1.165) is 22.5 Å². The van der Waals surface area contributed by atoms with Gasteiger partial charge in [-0.05, 0) is 55.7 Å². The van der Waals surface area contributed by atoms with Crippen molar-refractivity contribution in [2.75, 3.05) is 5.32 Å². The van der Waals surface area contributed by atoms with Crippen molar-refractivity contribution in [2.45, 2.75) is 26.8 Å². The lowest BCUT2D eigenvalue weighted by Gasteiger charge is -2.17. The van der Waals surface area contributed by atoms with E-state index < -0.39 is 11.9 Å². The number of nitrogens with two attached hydrogens (primary N) is 1. The van der Waals surface area contributed by atoms with E-state index in [1.165, 1.54) is 12.1 Å². The van der Waals surface area contributed by atoms with Crippen LogP contribution in [0.4, 0.5) is 10.1 Å². The van der Waals surface area contributed by atoms with Gasteiger partial charge in [-0.25, -0.2) is 9.07 Å². The summed E-state index contributed by atoms with van der Waals surface area (Å²) in [7, 11) is 0. The van der Waals surface area contributed by atoms with Crippen molar-refractivity contribution in [3.63, 3.8) is 0 Å². The molecule has 3 aromatic rings. The minimum Gasteiger partial charge on any atom is -0.368 e. The minimum absolute atomic E-state index is 0.365. The van der Waals surface area contributed by atoms with E-state index in [0.29, 0.717) is 11.3 Å². The molecule has 0 fully saturated rings. The van der Waals surface area contributed by atoms with E-state index in [2.05, 4.69) is 22.5 Å². The maximum Gasteiger partial charge on any atom is 0.244 e. The van der Waals surface area contributed by atoms with Gasteiger partial charge in [-0.2, -0.15) is 5.10 Å². The molecule has 0 aliphatic carbocycles. The molecule has 0 aliphatic rings. The number of nitrogens with zero attached hydrogens (tertiary/aromatic N) is 2. The van der Waals surface area contributed by atoms with Crippen molar-refractivity contribution in [3.8, 4) is 5.69 Å². The van der Waals surface area contributed by atoms with Gasteiger partial charge in [-0.15, -0.1) is 0 Å². The van der Waals surface area contributed by atoms with E-state index >= 15 is 0 Å². The van der Waals surface area contributed by atoms with Gasteiger partial charge in [0, 0.05) is 0 Å². The van der Waals surface area contributed by atoms with Crippen molar-refractivity contribution in [1.82, 2.24) is 9.78 Å². The van der Waals surface area contributed by atoms with Crippen molar-refractivity contribution in [1.29, 1.82) is 0 Å². The second kappa shape index (κ2) is 7.00. The third-order valence-electron chi connectivity index (χ3n) is 4.39. The highest BCUT2D eigenvalue weighted by atomic mass is 19.1. The maximum atomic E-state index is 13.2. The monoisotopic (exact) mass is 352 g/mol. The molecule has 0 saturated heterocycles. The number of halogens is 1. The largest absolute Gasteiger partial charge is 0.368 e. The molecule has 0 spiro atoms. The molecular formula is C20H21FN4O. The van der Waals surface area contributed by atoms with Gasteiger partial charge < -0.3 is 11.1 Å². The summed E-state index contributed by atoms with van der Waals surface area (Å²) in [5.74, 6) is -0.911. The van der Waals surface area contributed by atoms with Crippen molar-refractivity contribution >= 4 is 11.6 Å². The molecule has 0 bridgehead atoms. The van der Waals surface area contributed by atoms with Crippen molar-refractivity contribution in [2.24, 2.45) is 5.73 Å². The Hall–Kier alpha value is -3.15. The lowest BCUT2D eigenvalue weighted by molar-refractivity contribution is -0.118. The maximum absolute atomic E-state index is 13.2. The standard InChI is InChI=1S/C20H21FN4O/c1-12-4-5-13(2)18(10-12)25-14(3)17(11-23-25)24-19(20(22)26)15-6-8-16(21)9-7-15/h4-11,19,24H,1-3H3,(H2,22,26). The number of hydrogen-bond donors (Lipinski definition) is 2. The summed E-state index contributed by atoms with van der Waals surface area (Å²) in [6.45, 7) is 5.96. The predicted molar refractivity (Wildman–Crippen MR) is 99.7 cm³/mol. The first-order chi connectivity index (χ1) is 12.4. The number of carbonyl (C=O) groups is 1. The molecule has 3 rings (SSSR count). The molecule has 134 valence electrons. The summed E-state index contributed by atoms with van der Waals surface area (Å²) in [6, 6.07) is 11.1. The van der Waals surface area contributed by atoms with Crippen LogP contribution in [-0.4, -0.2) is 15.7 Å². The Morgan fingerprint density at radius 2 is 1.85 bits per heavy atom. The smallest absolute Gasteiger partial charge is 0.244 e. The van der Waals surface area contributed by atoms with Crippen LogP contribution in [0.3, 0.4) is 0 Å². The molecule has 1 atom stereocenters. The third-order valence-corrected chi connectivity index (χ3v) is 4.39. The molecule has 1 unspecified atom stereocenters. The number of nitrogens with one attached hydrogen (secondary N) is 1. The van der Waals surface area contributed by atoms with Crippen LogP contribution in [0, 0.1) is 26.6 Å². The molecule has 1 aromatic heterocycles. The zero-order valence-electron chi connectivity index (χ0n) is 15.0. The van der Waals surface area contributed by atoms with Crippen LogP contribution in [0.15, 0.2) is 48.7 Å². The molecule has 1 heterocycles. The first kappa shape index (κ1) is 17.7. The number of hydrogen-bond acceptors (Lipinski definition) is 3. The third kappa shape index (κ3) is 3.44.